The van der Waals surface area contributed by atoms with Crippen molar-refractivity contribution in [2.45, 2.75) is 0 Å². The molecular formula is H2Cl2O4PdS. The number of rotatable bonds is 0. The van der Waals surface area contributed by atoms with Gasteiger partial charge < -0.3 is 24.8 Å². The van der Waals surface area contributed by atoms with Gasteiger partial charge in [-0.25, -0.2) is 0 Å². The Labute approximate surface area is 73.1 Å². The maximum absolute atomic E-state index is 8.74. The number of halogens is 2. The minimum absolute atomic E-state index is 0. The Kier molecular flexibility index (Phi) is 23.3. The van der Waals surface area contributed by atoms with E-state index in [2.05, 4.69) is 0 Å². The zero-order valence-corrected chi connectivity index (χ0v) is 7.07. The molecule has 0 saturated carbocycles. The molecule has 0 radical (unpaired) electrons. The molecule has 8 heteroatoms. The van der Waals surface area contributed by atoms with E-state index < -0.39 is 10.4 Å². The van der Waals surface area contributed by atoms with Gasteiger partial charge in [0, 0.05) is 0 Å². The molecule has 0 saturated heterocycles. The van der Waals surface area contributed by atoms with Gasteiger partial charge in [-0.05, 0) is 0 Å². The summed E-state index contributed by atoms with van der Waals surface area (Å²) in [5, 5.41) is 0. The fourth-order valence-corrected chi connectivity index (χ4v) is 0. The van der Waals surface area contributed by atoms with Crippen LogP contribution in [0.15, 0.2) is 0 Å². The zero-order chi connectivity index (χ0) is 4.50. The second kappa shape index (κ2) is 8.11. The first-order valence-corrected chi connectivity index (χ1v) is 2.10. The van der Waals surface area contributed by atoms with Gasteiger partial charge in [-0.15, -0.1) is 0 Å². The third-order valence-corrected chi connectivity index (χ3v) is 0. The van der Waals surface area contributed by atoms with Crippen molar-refractivity contribution in [2.75, 3.05) is 0 Å². The summed E-state index contributed by atoms with van der Waals surface area (Å²) in [7, 11) is -4.67. The van der Waals surface area contributed by atoms with E-state index >= 15 is 0 Å². The molecule has 0 fully saturated rings. The Hall–Kier alpha value is 1.11. The van der Waals surface area contributed by atoms with Crippen LogP contribution in [0.1, 0.15) is 0 Å². The van der Waals surface area contributed by atoms with Gasteiger partial charge in [-0.1, -0.05) is 0 Å². The molecule has 0 rings (SSSR count). The van der Waals surface area contributed by atoms with Crippen LogP contribution in [-0.4, -0.2) is 17.5 Å². The first-order chi connectivity index (χ1) is 2.00. The van der Waals surface area contributed by atoms with Crippen LogP contribution in [0, 0.1) is 0 Å². The molecule has 0 aliphatic rings. The van der Waals surface area contributed by atoms with E-state index in [1.54, 1.807) is 0 Å². The van der Waals surface area contributed by atoms with E-state index in [4.69, 9.17) is 17.5 Å². The summed E-state index contributed by atoms with van der Waals surface area (Å²) in [5.41, 5.74) is 0. The minimum Gasteiger partial charge on any atom is -1.00 e. The van der Waals surface area contributed by atoms with Crippen LogP contribution in [0.2, 0.25) is 0 Å². The summed E-state index contributed by atoms with van der Waals surface area (Å²) in [4.78, 5) is 0. The van der Waals surface area contributed by atoms with Crippen LogP contribution in [0.5, 0.6) is 0 Å². The van der Waals surface area contributed by atoms with Crippen molar-refractivity contribution in [2.24, 2.45) is 0 Å². The largest absolute Gasteiger partial charge is 2.00 e. The van der Waals surface area contributed by atoms with Crippen molar-refractivity contribution >= 4 is 10.4 Å². The maximum Gasteiger partial charge on any atom is 2.00 e. The topological polar surface area (TPSA) is 74.6 Å². The third kappa shape index (κ3) is 215. The van der Waals surface area contributed by atoms with Crippen molar-refractivity contribution in [3.63, 3.8) is 0 Å². The second-order valence-electron chi connectivity index (χ2n) is 0.448. The van der Waals surface area contributed by atoms with Gasteiger partial charge >= 0.3 is 30.8 Å². The van der Waals surface area contributed by atoms with E-state index in [0.717, 1.165) is 0 Å². The number of hydrogen-bond donors (Lipinski definition) is 2. The molecule has 0 aliphatic carbocycles. The molecule has 0 aromatic heterocycles. The average Bonchev–Trinajstić information content (AvgIpc) is 0.722. The van der Waals surface area contributed by atoms with Gasteiger partial charge in [-0.2, -0.15) is 8.42 Å². The molecule has 2 N–H and O–H groups in total. The Morgan fingerprint density at radius 1 is 1.00 bits per heavy atom. The van der Waals surface area contributed by atoms with Gasteiger partial charge in [0.2, 0.25) is 0 Å². The van der Waals surface area contributed by atoms with Crippen LogP contribution in [0.4, 0.5) is 0 Å². The van der Waals surface area contributed by atoms with Crippen molar-refractivity contribution in [3.05, 3.63) is 0 Å². The van der Waals surface area contributed by atoms with Gasteiger partial charge in [-0.3, -0.25) is 9.11 Å². The Balaban J connectivity index is -0.0000000267. The molecule has 56 valence electrons. The molecule has 0 spiro atoms. The van der Waals surface area contributed by atoms with Crippen LogP contribution in [-0.2, 0) is 30.8 Å². The van der Waals surface area contributed by atoms with E-state index in [-0.39, 0.29) is 45.2 Å². The van der Waals surface area contributed by atoms with Gasteiger partial charge in [0.1, 0.15) is 0 Å². The standard InChI is InChI=1S/2ClH.H2O4S.Pd/c;;1-5(2,3)4;/h2*1H;(H2,1,2,3,4);/q;;;+2/p-2. The molecule has 0 aliphatic heterocycles. The molecule has 4 nitrogen and oxygen atoms in total. The van der Waals surface area contributed by atoms with E-state index in [0.29, 0.717) is 0 Å². The quantitative estimate of drug-likeness (QED) is 0.340. The molecule has 0 unspecified atom stereocenters. The normalized spacial score (nSPS) is 7.25. The second-order valence-corrected chi connectivity index (χ2v) is 1.34. The molecule has 0 amide bonds. The molecular weight excluding hydrogens is 273 g/mol. The van der Waals surface area contributed by atoms with Crippen molar-refractivity contribution < 1.29 is 62.8 Å². The summed E-state index contributed by atoms with van der Waals surface area (Å²) in [6.07, 6.45) is 0. The van der Waals surface area contributed by atoms with Gasteiger partial charge in [0.05, 0.1) is 0 Å². The summed E-state index contributed by atoms with van der Waals surface area (Å²) >= 11 is 0. The maximum atomic E-state index is 8.74. The van der Waals surface area contributed by atoms with Gasteiger partial charge in [0.25, 0.3) is 0 Å². The molecule has 0 aromatic rings. The van der Waals surface area contributed by atoms with Crippen molar-refractivity contribution in [1.29, 1.82) is 0 Å². The van der Waals surface area contributed by atoms with Crippen LogP contribution >= 0.6 is 0 Å². The molecule has 0 heterocycles. The first-order valence-electron chi connectivity index (χ1n) is 0.698. The number of hydrogen-bond acceptors (Lipinski definition) is 2. The third-order valence-electron chi connectivity index (χ3n) is 0. The average molecular weight is 275 g/mol. The monoisotopic (exact) mass is 274 g/mol. The minimum atomic E-state index is -4.67. The Morgan fingerprint density at radius 2 is 1.00 bits per heavy atom. The van der Waals surface area contributed by atoms with Crippen LogP contribution in [0.25, 0.3) is 0 Å². The molecule has 8 heavy (non-hydrogen) atoms. The van der Waals surface area contributed by atoms with Crippen LogP contribution < -0.4 is 24.8 Å². The molecule has 0 atom stereocenters. The van der Waals surface area contributed by atoms with Crippen molar-refractivity contribution in [1.82, 2.24) is 0 Å². The SMILES string of the molecule is O=S(=O)(O)O.[Cl-].[Cl-].[Pd+2]. The summed E-state index contributed by atoms with van der Waals surface area (Å²) < 4.78 is 31.6. The van der Waals surface area contributed by atoms with Crippen LogP contribution in [0.3, 0.4) is 0 Å². The van der Waals surface area contributed by atoms with E-state index in [1.807, 2.05) is 0 Å². The fraction of sp³-hybridized carbons (Fsp3) is 0. The van der Waals surface area contributed by atoms with E-state index in [1.165, 1.54) is 0 Å². The van der Waals surface area contributed by atoms with Crippen molar-refractivity contribution in [3.8, 4) is 0 Å². The first kappa shape index (κ1) is 22.9. The summed E-state index contributed by atoms with van der Waals surface area (Å²) in [5.74, 6) is 0. The van der Waals surface area contributed by atoms with Gasteiger partial charge in [0.15, 0.2) is 0 Å². The molecule has 0 aromatic carbocycles. The van der Waals surface area contributed by atoms with E-state index in [9.17, 15) is 0 Å². The zero-order valence-electron chi connectivity index (χ0n) is 3.19. The molecule has 0 bridgehead atoms. The predicted molar refractivity (Wildman–Crippen MR) is 14.2 cm³/mol. The fourth-order valence-electron chi connectivity index (χ4n) is 0. The smallest absolute Gasteiger partial charge is 1.00 e. The summed E-state index contributed by atoms with van der Waals surface area (Å²) in [6.45, 7) is 0. The Morgan fingerprint density at radius 3 is 1.00 bits per heavy atom. The predicted octanol–water partition coefficient (Wildman–Crippen LogP) is -6.65. The summed E-state index contributed by atoms with van der Waals surface area (Å²) in [6, 6.07) is 0. The Bertz CT molecular complexity index is 97.2.